The summed E-state index contributed by atoms with van der Waals surface area (Å²) in [6.45, 7) is 1.82. The van der Waals surface area contributed by atoms with Crippen LogP contribution < -0.4 is 30.9 Å². The van der Waals surface area contributed by atoms with Crippen LogP contribution in [0.3, 0.4) is 0 Å². The third-order valence-electron chi connectivity index (χ3n) is 5.28. The summed E-state index contributed by atoms with van der Waals surface area (Å²) < 4.78 is 28.1. The highest BCUT2D eigenvalue weighted by Crippen LogP contribution is 2.29. The monoisotopic (exact) mass is 643 g/mol. The van der Waals surface area contributed by atoms with Crippen LogP contribution in [0.15, 0.2) is 77.7 Å². The molecule has 0 aromatic heterocycles. The molecule has 3 aromatic carbocycles. The van der Waals surface area contributed by atoms with Crippen LogP contribution in [0.25, 0.3) is 0 Å². The molecule has 0 spiro atoms. The predicted molar refractivity (Wildman–Crippen MR) is 159 cm³/mol. The molecule has 0 aliphatic rings. The van der Waals surface area contributed by atoms with Crippen molar-refractivity contribution < 1.29 is 22.7 Å². The third kappa shape index (κ3) is 8.68. The van der Waals surface area contributed by atoms with Gasteiger partial charge in [-0.05, 0) is 67.7 Å². The van der Waals surface area contributed by atoms with E-state index in [2.05, 4.69) is 26.2 Å². The van der Waals surface area contributed by atoms with Gasteiger partial charge in [-0.1, -0.05) is 64.6 Å². The molecule has 0 fully saturated rings. The Bertz CT molecular complexity index is 1480. The fourth-order valence-electron chi connectivity index (χ4n) is 3.19. The van der Waals surface area contributed by atoms with Crippen molar-refractivity contribution in [3.8, 4) is 5.75 Å². The molecule has 15 heteroatoms. The number of nitrogens with one attached hydrogen (secondary N) is 5. The molecule has 40 heavy (non-hydrogen) atoms. The van der Waals surface area contributed by atoms with Crippen molar-refractivity contribution in [1.29, 1.82) is 0 Å². The van der Waals surface area contributed by atoms with Gasteiger partial charge in [-0.25, -0.2) is 8.42 Å². The maximum absolute atomic E-state index is 12.8. The Labute approximate surface area is 251 Å². The minimum absolute atomic E-state index is 0.0235. The van der Waals surface area contributed by atoms with Gasteiger partial charge in [0.05, 0.1) is 23.3 Å². The van der Waals surface area contributed by atoms with Crippen LogP contribution in [0.5, 0.6) is 5.75 Å². The van der Waals surface area contributed by atoms with E-state index < -0.39 is 31.8 Å². The first-order valence-electron chi connectivity index (χ1n) is 11.4. The number of carbonyl (C=O) groups excluding carboxylic acids is 2. The highest BCUT2D eigenvalue weighted by Gasteiger charge is 2.35. The van der Waals surface area contributed by atoms with Crippen molar-refractivity contribution in [2.24, 2.45) is 0 Å². The number of aryl methyl sites for hydroxylation is 1. The van der Waals surface area contributed by atoms with Gasteiger partial charge >= 0.3 is 0 Å². The van der Waals surface area contributed by atoms with E-state index in [-0.39, 0.29) is 26.8 Å². The Morgan fingerprint density at radius 2 is 1.52 bits per heavy atom. The molecular weight excluding hydrogens is 621 g/mol. The zero-order chi connectivity index (χ0) is 29.5. The number of para-hydroxylation sites is 1. The molecule has 5 N–H and O–H groups in total. The molecule has 0 saturated heterocycles. The summed E-state index contributed by atoms with van der Waals surface area (Å²) >= 11 is 23.5. The first-order valence-corrected chi connectivity index (χ1v) is 14.4. The number of sulfonamides is 1. The van der Waals surface area contributed by atoms with E-state index in [9.17, 15) is 18.0 Å². The van der Waals surface area contributed by atoms with Crippen LogP contribution >= 0.6 is 47.0 Å². The zero-order valence-corrected chi connectivity index (χ0v) is 24.9. The molecule has 3 rings (SSSR count). The van der Waals surface area contributed by atoms with E-state index in [1.165, 1.54) is 43.5 Å². The smallest absolute Gasteiger partial charge is 0.268 e. The average Bonchev–Trinajstić information content (AvgIpc) is 2.91. The number of benzene rings is 3. The second-order valence-corrected chi connectivity index (χ2v) is 12.7. The summed E-state index contributed by atoms with van der Waals surface area (Å²) in [6, 6.07) is 18.5. The van der Waals surface area contributed by atoms with Crippen LogP contribution in [-0.2, 0) is 10.0 Å². The number of rotatable bonds is 9. The van der Waals surface area contributed by atoms with E-state index in [0.717, 1.165) is 5.56 Å². The van der Waals surface area contributed by atoms with Crippen molar-refractivity contribution >= 4 is 79.7 Å². The highest BCUT2D eigenvalue weighted by molar-refractivity contribution is 7.89. The molecule has 0 radical (unpaired) electrons. The van der Waals surface area contributed by atoms with Gasteiger partial charge in [0.2, 0.25) is 3.79 Å². The summed E-state index contributed by atoms with van der Waals surface area (Å²) in [5, 5.41) is 7.94. The minimum atomic E-state index is -4.02. The third-order valence-corrected chi connectivity index (χ3v) is 7.42. The average molecular weight is 645 g/mol. The quantitative estimate of drug-likeness (QED) is 0.102. The van der Waals surface area contributed by atoms with Crippen LogP contribution in [-0.4, -0.2) is 42.4 Å². The molecule has 0 aliphatic heterocycles. The number of carbonyl (C=O) groups is 2. The predicted octanol–water partition coefficient (Wildman–Crippen LogP) is 4.04. The fraction of sp³-hybridized carbons (Fsp3) is 0.160. The molecule has 10 nitrogen and oxygen atoms in total. The number of thiocarbonyl (C=S) groups is 1. The molecule has 212 valence electrons. The zero-order valence-electron chi connectivity index (χ0n) is 21.0. The Hall–Kier alpha value is -3.13. The Balaban J connectivity index is 1.68. The summed E-state index contributed by atoms with van der Waals surface area (Å²) in [7, 11) is -2.52. The Morgan fingerprint density at radius 3 is 2.12 bits per heavy atom. The lowest BCUT2D eigenvalue weighted by atomic mass is 10.1. The number of ether oxygens (including phenoxy) is 1. The van der Waals surface area contributed by atoms with E-state index >= 15 is 0 Å². The number of amides is 2. The summed E-state index contributed by atoms with van der Waals surface area (Å²) in [5.41, 5.74) is 3.58. The van der Waals surface area contributed by atoms with Crippen LogP contribution in [0, 0.1) is 6.92 Å². The van der Waals surface area contributed by atoms with Gasteiger partial charge in [-0.3, -0.25) is 15.0 Å². The van der Waals surface area contributed by atoms with Gasteiger partial charge < -0.3 is 20.7 Å². The number of anilines is 1. The van der Waals surface area contributed by atoms with Gasteiger partial charge in [0.1, 0.15) is 11.9 Å². The summed E-state index contributed by atoms with van der Waals surface area (Å²) in [6.07, 6.45) is -1.28. The van der Waals surface area contributed by atoms with Gasteiger partial charge in [0.15, 0.2) is 5.11 Å². The van der Waals surface area contributed by atoms with Gasteiger partial charge in [0, 0.05) is 5.56 Å². The normalized spacial score (nSPS) is 12.1. The van der Waals surface area contributed by atoms with E-state index in [4.69, 9.17) is 51.8 Å². The standard InChI is InChI=1S/C25H24Cl3N5O5S2/c1-15-7-13-18(14-8-15)40(36,37)33-32-22(35)19-5-3-4-6-20(19)29-24(39)31-23(25(26,27)28)30-21(34)16-9-11-17(38-2)12-10-16/h3-14,23,33H,1-2H3,(H,30,34)(H,32,35)(H2,29,31,39). The minimum Gasteiger partial charge on any atom is -0.497 e. The lowest BCUT2D eigenvalue weighted by Crippen LogP contribution is -2.56. The Morgan fingerprint density at radius 1 is 0.900 bits per heavy atom. The van der Waals surface area contributed by atoms with Crippen molar-refractivity contribution in [3.63, 3.8) is 0 Å². The SMILES string of the molecule is COc1ccc(C(=O)NC(NC(=S)Nc2ccccc2C(=O)NNS(=O)(=O)c2ccc(C)cc2)C(Cl)(Cl)Cl)cc1. The molecule has 0 aliphatic carbocycles. The summed E-state index contributed by atoms with van der Waals surface area (Å²) in [5.74, 6) is -0.772. The fourth-order valence-corrected chi connectivity index (χ4v) is 4.59. The topological polar surface area (TPSA) is 138 Å². The second-order valence-electron chi connectivity index (χ2n) is 8.19. The molecular formula is C25H24Cl3N5O5S2. The van der Waals surface area contributed by atoms with Crippen LogP contribution in [0.4, 0.5) is 5.69 Å². The maximum Gasteiger partial charge on any atom is 0.268 e. The number of alkyl halides is 3. The molecule has 0 heterocycles. The largest absolute Gasteiger partial charge is 0.497 e. The van der Waals surface area contributed by atoms with Gasteiger partial charge in [-0.2, -0.15) is 0 Å². The lowest BCUT2D eigenvalue weighted by Gasteiger charge is -2.28. The number of hydrazine groups is 1. The molecule has 0 saturated carbocycles. The van der Waals surface area contributed by atoms with Crippen molar-refractivity contribution in [2.75, 3.05) is 12.4 Å². The molecule has 1 atom stereocenters. The second kappa shape index (κ2) is 13.5. The van der Waals surface area contributed by atoms with Crippen LogP contribution in [0.2, 0.25) is 0 Å². The van der Waals surface area contributed by atoms with Crippen LogP contribution in [0.1, 0.15) is 26.3 Å². The van der Waals surface area contributed by atoms with Gasteiger partial charge in [0.25, 0.3) is 21.8 Å². The first-order chi connectivity index (χ1) is 18.8. The molecule has 3 aromatic rings. The van der Waals surface area contributed by atoms with E-state index in [0.29, 0.717) is 5.75 Å². The van der Waals surface area contributed by atoms with Crippen molar-refractivity contribution in [1.82, 2.24) is 20.9 Å². The Kier molecular flexibility index (Phi) is 10.6. The number of hydrogen-bond donors (Lipinski definition) is 5. The van der Waals surface area contributed by atoms with Crippen molar-refractivity contribution in [3.05, 3.63) is 89.5 Å². The van der Waals surface area contributed by atoms with E-state index in [1.807, 2.05) is 6.92 Å². The molecule has 2 amide bonds. The molecule has 0 bridgehead atoms. The first kappa shape index (κ1) is 31.4. The highest BCUT2D eigenvalue weighted by atomic mass is 35.6. The summed E-state index contributed by atoms with van der Waals surface area (Å²) in [4.78, 5) is 27.6. The molecule has 1 unspecified atom stereocenters. The maximum atomic E-state index is 12.8. The number of halogens is 3. The van der Waals surface area contributed by atoms with Crippen molar-refractivity contribution in [2.45, 2.75) is 21.8 Å². The number of hydrogen-bond acceptors (Lipinski definition) is 6. The van der Waals surface area contributed by atoms with E-state index in [1.54, 1.807) is 36.4 Å². The lowest BCUT2D eigenvalue weighted by molar-refractivity contribution is 0.0930. The number of methoxy groups -OCH3 is 1. The van der Waals surface area contributed by atoms with Gasteiger partial charge in [-0.15, -0.1) is 4.83 Å².